The first-order chi connectivity index (χ1) is 17.4. The van der Waals surface area contributed by atoms with Crippen molar-refractivity contribution in [3.63, 3.8) is 0 Å². The molecule has 2 heterocycles. The highest BCUT2D eigenvalue weighted by atomic mass is 35.5. The van der Waals surface area contributed by atoms with Crippen LogP contribution < -0.4 is 9.47 Å². The molecule has 0 bridgehead atoms. The molecule has 0 saturated carbocycles. The lowest BCUT2D eigenvalue weighted by Gasteiger charge is -2.24. The average Bonchev–Trinajstić information content (AvgIpc) is 3.33. The maximum Gasteiger partial charge on any atom is 0.311 e. The number of halogens is 2. The van der Waals surface area contributed by atoms with E-state index in [1.807, 2.05) is 0 Å². The minimum Gasteiger partial charge on any atom is -0.493 e. The van der Waals surface area contributed by atoms with Crippen molar-refractivity contribution in [1.82, 2.24) is 10.2 Å². The number of Topliss-reactive ketones (excluding diaryl/α,β-unsaturated/α-hetero) is 1. The standard InChI is InChI=1S/C27H20ClFN2O5/c28-22-13-21-20(27(33)34)9-10-35-25(21)14-26(22)36-19-7-3-16(4-8-19)24(32)12-18-11-23(31-30-18)15-1-5-17(29)6-2-15/h1-8,11,13-14,20H,9-10,12H2,(H,30,31)(H,33,34). The van der Waals surface area contributed by atoms with Crippen LogP contribution in [0.3, 0.4) is 0 Å². The Kier molecular flexibility index (Phi) is 6.43. The first kappa shape index (κ1) is 23.6. The number of aliphatic carboxylic acids is 1. The third kappa shape index (κ3) is 4.94. The van der Waals surface area contributed by atoms with Crippen LogP contribution in [0.4, 0.5) is 4.39 Å². The van der Waals surface area contributed by atoms with Crippen LogP contribution in [0.1, 0.15) is 34.0 Å². The van der Waals surface area contributed by atoms with Gasteiger partial charge in [-0.1, -0.05) is 11.6 Å². The van der Waals surface area contributed by atoms with Gasteiger partial charge in [0.25, 0.3) is 0 Å². The molecule has 9 heteroatoms. The lowest BCUT2D eigenvalue weighted by atomic mass is 9.93. The van der Waals surface area contributed by atoms with E-state index in [4.69, 9.17) is 21.1 Å². The molecule has 0 saturated heterocycles. The quantitative estimate of drug-likeness (QED) is 0.296. The van der Waals surface area contributed by atoms with E-state index in [-0.39, 0.29) is 23.0 Å². The molecule has 0 amide bonds. The molecule has 0 aliphatic carbocycles. The molecule has 1 aliphatic heterocycles. The van der Waals surface area contributed by atoms with E-state index in [0.717, 1.165) is 5.56 Å². The van der Waals surface area contributed by atoms with Crippen molar-refractivity contribution in [2.75, 3.05) is 6.61 Å². The summed E-state index contributed by atoms with van der Waals surface area (Å²) in [6, 6.07) is 17.5. The largest absolute Gasteiger partial charge is 0.493 e. The second-order valence-electron chi connectivity index (χ2n) is 8.36. The van der Waals surface area contributed by atoms with Crippen molar-refractivity contribution in [2.45, 2.75) is 18.8 Å². The zero-order valence-corrected chi connectivity index (χ0v) is 19.6. The van der Waals surface area contributed by atoms with E-state index in [2.05, 4.69) is 10.2 Å². The molecular formula is C27H20ClFN2O5. The fourth-order valence-corrected chi connectivity index (χ4v) is 4.27. The molecule has 1 aromatic heterocycles. The van der Waals surface area contributed by atoms with E-state index in [9.17, 15) is 19.1 Å². The lowest BCUT2D eigenvalue weighted by molar-refractivity contribution is -0.139. The van der Waals surface area contributed by atoms with Gasteiger partial charge in [-0.15, -0.1) is 0 Å². The monoisotopic (exact) mass is 506 g/mol. The van der Waals surface area contributed by atoms with E-state index in [1.165, 1.54) is 12.1 Å². The van der Waals surface area contributed by atoms with Gasteiger partial charge in [-0.05, 0) is 67.1 Å². The number of fused-ring (bicyclic) bond motifs is 1. The van der Waals surface area contributed by atoms with Gasteiger partial charge in [0.05, 0.1) is 29.7 Å². The average molecular weight is 507 g/mol. The molecule has 4 aromatic rings. The van der Waals surface area contributed by atoms with Crippen molar-refractivity contribution < 1.29 is 28.6 Å². The van der Waals surface area contributed by atoms with Crippen LogP contribution in [0, 0.1) is 5.82 Å². The number of carboxylic acids is 1. The first-order valence-corrected chi connectivity index (χ1v) is 11.6. The minimum atomic E-state index is -0.925. The molecule has 0 spiro atoms. The number of benzene rings is 3. The van der Waals surface area contributed by atoms with E-state index >= 15 is 0 Å². The molecule has 3 aromatic carbocycles. The van der Waals surface area contributed by atoms with Crippen molar-refractivity contribution in [2.24, 2.45) is 0 Å². The van der Waals surface area contributed by atoms with Gasteiger partial charge in [0.15, 0.2) is 5.78 Å². The van der Waals surface area contributed by atoms with Crippen LogP contribution in [0.25, 0.3) is 11.3 Å². The minimum absolute atomic E-state index is 0.115. The Morgan fingerprint density at radius 2 is 1.86 bits per heavy atom. The number of carbonyl (C=O) groups excluding carboxylic acids is 1. The van der Waals surface area contributed by atoms with Gasteiger partial charge in [0.2, 0.25) is 0 Å². The Balaban J connectivity index is 1.26. The number of aromatic amines is 1. The number of ketones is 1. The van der Waals surface area contributed by atoms with Crippen molar-refractivity contribution in [1.29, 1.82) is 0 Å². The Hall–Kier alpha value is -4.17. The summed E-state index contributed by atoms with van der Waals surface area (Å²) >= 11 is 6.35. The number of carbonyl (C=O) groups is 2. The molecule has 182 valence electrons. The number of hydrogen-bond donors (Lipinski definition) is 2. The molecule has 7 nitrogen and oxygen atoms in total. The van der Waals surface area contributed by atoms with Gasteiger partial charge in [0.1, 0.15) is 23.1 Å². The zero-order valence-electron chi connectivity index (χ0n) is 18.8. The lowest BCUT2D eigenvalue weighted by Crippen LogP contribution is -2.20. The number of carboxylic acid groups (broad SMARTS) is 1. The highest BCUT2D eigenvalue weighted by molar-refractivity contribution is 6.32. The van der Waals surface area contributed by atoms with Crippen LogP contribution >= 0.6 is 11.6 Å². The molecule has 2 N–H and O–H groups in total. The van der Waals surface area contributed by atoms with E-state index in [0.29, 0.717) is 52.8 Å². The molecular weight excluding hydrogens is 487 g/mol. The van der Waals surface area contributed by atoms with Crippen molar-refractivity contribution in [3.05, 3.63) is 94.4 Å². The molecule has 0 radical (unpaired) electrons. The fraction of sp³-hybridized carbons (Fsp3) is 0.148. The van der Waals surface area contributed by atoms with Gasteiger partial charge >= 0.3 is 5.97 Å². The van der Waals surface area contributed by atoms with Crippen LogP contribution in [-0.4, -0.2) is 33.7 Å². The van der Waals surface area contributed by atoms with Crippen LogP contribution in [0.15, 0.2) is 66.7 Å². The van der Waals surface area contributed by atoms with E-state index < -0.39 is 11.9 Å². The smallest absolute Gasteiger partial charge is 0.311 e. The first-order valence-electron chi connectivity index (χ1n) is 11.2. The Labute approximate surface area is 210 Å². The predicted octanol–water partition coefficient (Wildman–Crippen LogP) is 6.04. The number of ether oxygens (including phenoxy) is 2. The zero-order chi connectivity index (χ0) is 25.2. The maximum absolute atomic E-state index is 13.1. The summed E-state index contributed by atoms with van der Waals surface area (Å²) in [5.41, 5.74) is 3.03. The second kappa shape index (κ2) is 9.83. The molecule has 5 rings (SSSR count). The number of rotatable bonds is 7. The van der Waals surface area contributed by atoms with Gasteiger partial charge in [0, 0.05) is 28.5 Å². The number of nitrogens with one attached hydrogen (secondary N) is 1. The predicted molar refractivity (Wildman–Crippen MR) is 130 cm³/mol. The van der Waals surface area contributed by atoms with Crippen LogP contribution in [-0.2, 0) is 11.2 Å². The van der Waals surface area contributed by atoms with Crippen LogP contribution in [0.5, 0.6) is 17.2 Å². The molecule has 0 fully saturated rings. The van der Waals surface area contributed by atoms with Gasteiger partial charge in [-0.25, -0.2) is 4.39 Å². The summed E-state index contributed by atoms with van der Waals surface area (Å²) in [6.45, 7) is 0.295. The molecule has 1 unspecified atom stereocenters. The van der Waals surface area contributed by atoms with Crippen LogP contribution in [0.2, 0.25) is 5.02 Å². The Bertz CT molecular complexity index is 1430. The summed E-state index contributed by atoms with van der Waals surface area (Å²) in [7, 11) is 0. The SMILES string of the molecule is O=C(Cc1cc(-c2ccc(F)cc2)n[nH]1)c1ccc(Oc2cc3c(cc2Cl)C(C(=O)O)CCO3)cc1. The number of nitrogens with zero attached hydrogens (tertiary/aromatic N) is 1. The Morgan fingerprint density at radius 1 is 1.11 bits per heavy atom. The molecule has 36 heavy (non-hydrogen) atoms. The van der Waals surface area contributed by atoms with Crippen molar-refractivity contribution in [3.8, 4) is 28.5 Å². The van der Waals surface area contributed by atoms with Crippen molar-refractivity contribution >= 4 is 23.4 Å². The number of aromatic nitrogens is 2. The highest BCUT2D eigenvalue weighted by Crippen LogP contribution is 2.41. The topological polar surface area (TPSA) is 102 Å². The number of H-pyrrole nitrogens is 1. The van der Waals surface area contributed by atoms with E-state index in [1.54, 1.807) is 54.6 Å². The third-order valence-corrected chi connectivity index (χ3v) is 6.22. The highest BCUT2D eigenvalue weighted by Gasteiger charge is 2.29. The molecule has 1 aliphatic rings. The summed E-state index contributed by atoms with van der Waals surface area (Å²) in [4.78, 5) is 24.3. The third-order valence-electron chi connectivity index (χ3n) is 5.93. The molecule has 1 atom stereocenters. The maximum atomic E-state index is 13.1. The summed E-state index contributed by atoms with van der Waals surface area (Å²) < 4.78 is 24.6. The Morgan fingerprint density at radius 3 is 2.58 bits per heavy atom. The number of hydrogen-bond acceptors (Lipinski definition) is 5. The van der Waals surface area contributed by atoms with Gasteiger partial charge < -0.3 is 14.6 Å². The summed E-state index contributed by atoms with van der Waals surface area (Å²) in [5.74, 6) is -0.828. The van der Waals surface area contributed by atoms with Gasteiger partial charge in [-0.3, -0.25) is 14.7 Å². The summed E-state index contributed by atoms with van der Waals surface area (Å²) in [5, 5.41) is 16.8. The normalized spacial score (nSPS) is 14.6. The second-order valence-corrected chi connectivity index (χ2v) is 8.77. The fourth-order valence-electron chi connectivity index (χ4n) is 4.06. The van der Waals surface area contributed by atoms with Gasteiger partial charge in [-0.2, -0.15) is 5.10 Å². The summed E-state index contributed by atoms with van der Waals surface area (Å²) in [6.07, 6.45) is 0.494.